The molecule has 1 aliphatic rings. The monoisotopic (exact) mass is 386 g/mol. The smallest absolute Gasteiger partial charge is 0.338 e. The third kappa shape index (κ3) is 4.38. The van der Waals surface area contributed by atoms with Crippen LogP contribution in [0.5, 0.6) is 5.75 Å². The minimum Gasteiger partial charge on any atom is -0.491 e. The number of rotatable bonds is 5. The number of carbonyl (C=O) groups is 2. The minimum atomic E-state index is -0.731. The largest absolute Gasteiger partial charge is 0.491 e. The van der Waals surface area contributed by atoms with Gasteiger partial charge in [-0.2, -0.15) is 0 Å². The molecule has 2 N–H and O–H groups in total. The number of hydrogen-bond acceptors (Lipinski definition) is 4. The average molecular weight is 387 g/mol. The van der Waals surface area contributed by atoms with Gasteiger partial charge in [0.05, 0.1) is 34.4 Å². The highest BCUT2D eigenvalue weighted by molar-refractivity contribution is 6.37. The van der Waals surface area contributed by atoms with E-state index in [4.69, 9.17) is 32.7 Å². The Balaban J connectivity index is 2.49. The molecule has 1 aliphatic heterocycles. The lowest BCUT2D eigenvalue weighted by molar-refractivity contribution is -0.143. The second-order valence-corrected chi connectivity index (χ2v) is 6.59. The van der Waals surface area contributed by atoms with Crippen molar-refractivity contribution in [1.82, 2.24) is 10.6 Å². The van der Waals surface area contributed by atoms with Gasteiger partial charge in [-0.15, -0.1) is 0 Å². The van der Waals surface area contributed by atoms with E-state index in [1.54, 1.807) is 32.9 Å². The highest BCUT2D eigenvalue weighted by Crippen LogP contribution is 2.38. The van der Waals surface area contributed by atoms with E-state index in [0.717, 1.165) is 0 Å². The Labute approximate surface area is 156 Å². The summed E-state index contributed by atoms with van der Waals surface area (Å²) in [7, 11) is 0. The molecule has 1 heterocycles. The molecular weight excluding hydrogens is 367 g/mol. The van der Waals surface area contributed by atoms with Crippen molar-refractivity contribution in [2.75, 3.05) is 6.61 Å². The minimum absolute atomic E-state index is 0.293. The van der Waals surface area contributed by atoms with Gasteiger partial charge in [-0.3, -0.25) is 0 Å². The number of nitrogens with one attached hydrogen (secondary N) is 2. The van der Waals surface area contributed by atoms with Crippen molar-refractivity contribution in [1.29, 1.82) is 0 Å². The van der Waals surface area contributed by atoms with Gasteiger partial charge in [0.1, 0.15) is 0 Å². The molecule has 2 amide bonds. The average Bonchev–Trinajstić information content (AvgIpc) is 2.49. The molecule has 0 saturated carbocycles. The van der Waals surface area contributed by atoms with E-state index < -0.39 is 18.0 Å². The molecule has 0 fully saturated rings. The Hall–Kier alpha value is -1.92. The normalized spacial score (nSPS) is 17.2. The van der Waals surface area contributed by atoms with E-state index in [9.17, 15) is 9.59 Å². The molecule has 0 spiro atoms. The van der Waals surface area contributed by atoms with Crippen molar-refractivity contribution < 1.29 is 19.1 Å². The lowest BCUT2D eigenvalue weighted by atomic mass is 9.95. The van der Waals surface area contributed by atoms with Crippen LogP contribution in [0.1, 0.15) is 39.3 Å². The number of amides is 2. The molecule has 1 unspecified atom stereocenters. The van der Waals surface area contributed by atoms with Gasteiger partial charge in [-0.05, 0) is 45.4 Å². The van der Waals surface area contributed by atoms with Crippen LogP contribution in [-0.4, -0.2) is 24.7 Å². The summed E-state index contributed by atoms with van der Waals surface area (Å²) in [4.78, 5) is 24.4. The molecule has 136 valence electrons. The standard InChI is InChI=1S/C17H20Cl2N2O4/c1-5-24-15-11(18)6-10(7-12(15)19)14-13(16(22)25-8(2)3)9(4)20-17(23)21-14/h6-8,14H,5H2,1-4H3,(H2,20,21,23). The molecule has 1 aromatic rings. The third-order valence-corrected chi connectivity index (χ3v) is 4.04. The van der Waals surface area contributed by atoms with Crippen molar-refractivity contribution in [3.05, 3.63) is 39.0 Å². The van der Waals surface area contributed by atoms with E-state index >= 15 is 0 Å². The van der Waals surface area contributed by atoms with Crippen LogP contribution in [0, 0.1) is 0 Å². The van der Waals surface area contributed by atoms with Crippen LogP contribution in [0.4, 0.5) is 4.79 Å². The van der Waals surface area contributed by atoms with Crippen LogP contribution in [-0.2, 0) is 9.53 Å². The fraction of sp³-hybridized carbons (Fsp3) is 0.412. The Bertz CT molecular complexity index is 708. The Kier molecular flexibility index (Phi) is 6.19. The quantitative estimate of drug-likeness (QED) is 0.750. The van der Waals surface area contributed by atoms with Crippen LogP contribution in [0.25, 0.3) is 0 Å². The van der Waals surface area contributed by atoms with E-state index in [0.29, 0.717) is 39.2 Å². The lowest BCUT2D eigenvalue weighted by Gasteiger charge is -2.29. The number of benzene rings is 1. The van der Waals surface area contributed by atoms with Gasteiger partial charge in [-0.1, -0.05) is 23.2 Å². The Morgan fingerprint density at radius 1 is 1.28 bits per heavy atom. The summed E-state index contributed by atoms with van der Waals surface area (Å²) in [6, 6.07) is 2.07. The van der Waals surface area contributed by atoms with E-state index in [1.165, 1.54) is 0 Å². The van der Waals surface area contributed by atoms with Gasteiger partial charge < -0.3 is 20.1 Å². The number of esters is 1. The number of ether oxygens (including phenoxy) is 2. The van der Waals surface area contributed by atoms with Crippen LogP contribution < -0.4 is 15.4 Å². The predicted molar refractivity (Wildman–Crippen MR) is 96.0 cm³/mol. The molecule has 0 saturated heterocycles. The predicted octanol–water partition coefficient (Wildman–Crippen LogP) is 3.97. The first-order valence-electron chi connectivity index (χ1n) is 7.85. The first kappa shape index (κ1) is 19.4. The SMILES string of the molecule is CCOc1c(Cl)cc(C2NC(=O)NC(C)=C2C(=O)OC(C)C)cc1Cl. The van der Waals surface area contributed by atoms with Gasteiger partial charge in [-0.25, -0.2) is 9.59 Å². The Morgan fingerprint density at radius 3 is 2.40 bits per heavy atom. The number of urea groups is 1. The van der Waals surface area contributed by atoms with Gasteiger partial charge in [0.25, 0.3) is 0 Å². The molecule has 25 heavy (non-hydrogen) atoms. The maximum atomic E-state index is 12.5. The second-order valence-electron chi connectivity index (χ2n) is 5.77. The maximum absolute atomic E-state index is 12.5. The maximum Gasteiger partial charge on any atom is 0.338 e. The number of halogens is 2. The van der Waals surface area contributed by atoms with Crippen molar-refractivity contribution in [3.63, 3.8) is 0 Å². The van der Waals surface area contributed by atoms with Crippen LogP contribution in [0.3, 0.4) is 0 Å². The van der Waals surface area contributed by atoms with Gasteiger partial charge >= 0.3 is 12.0 Å². The van der Waals surface area contributed by atoms with E-state index in [-0.39, 0.29) is 6.10 Å². The van der Waals surface area contributed by atoms with E-state index in [1.807, 2.05) is 6.92 Å². The molecular formula is C17H20Cl2N2O4. The van der Waals surface area contributed by atoms with Gasteiger partial charge in [0.2, 0.25) is 0 Å². The third-order valence-electron chi connectivity index (χ3n) is 3.47. The molecule has 0 aromatic heterocycles. The van der Waals surface area contributed by atoms with Crippen molar-refractivity contribution in [2.24, 2.45) is 0 Å². The summed E-state index contributed by atoms with van der Waals surface area (Å²) >= 11 is 12.5. The van der Waals surface area contributed by atoms with Crippen LogP contribution >= 0.6 is 23.2 Å². The number of allylic oxidation sites excluding steroid dienone is 1. The van der Waals surface area contributed by atoms with E-state index in [2.05, 4.69) is 10.6 Å². The first-order chi connectivity index (χ1) is 11.7. The fourth-order valence-electron chi connectivity index (χ4n) is 2.52. The topological polar surface area (TPSA) is 76.7 Å². The zero-order valence-corrected chi connectivity index (χ0v) is 15.9. The van der Waals surface area contributed by atoms with Crippen molar-refractivity contribution >= 4 is 35.2 Å². The highest BCUT2D eigenvalue weighted by atomic mass is 35.5. The molecule has 0 bridgehead atoms. The fourth-order valence-corrected chi connectivity index (χ4v) is 3.13. The first-order valence-corrected chi connectivity index (χ1v) is 8.61. The number of carbonyl (C=O) groups excluding carboxylic acids is 2. The highest BCUT2D eigenvalue weighted by Gasteiger charge is 2.33. The Morgan fingerprint density at radius 2 is 1.88 bits per heavy atom. The summed E-state index contributed by atoms with van der Waals surface area (Å²) in [5.74, 6) is -0.159. The van der Waals surface area contributed by atoms with Gasteiger partial charge in [0.15, 0.2) is 5.75 Å². The second kappa shape index (κ2) is 7.97. The molecule has 8 heteroatoms. The zero-order valence-electron chi connectivity index (χ0n) is 14.4. The molecule has 0 radical (unpaired) electrons. The molecule has 2 rings (SSSR count). The summed E-state index contributed by atoms with van der Waals surface area (Å²) in [6.07, 6.45) is -0.293. The van der Waals surface area contributed by atoms with Crippen molar-refractivity contribution in [2.45, 2.75) is 39.8 Å². The molecule has 0 aliphatic carbocycles. The molecule has 6 nitrogen and oxygen atoms in total. The van der Waals surface area contributed by atoms with Gasteiger partial charge in [0, 0.05) is 5.70 Å². The van der Waals surface area contributed by atoms with Crippen LogP contribution in [0.2, 0.25) is 10.0 Å². The summed E-state index contributed by atoms with van der Waals surface area (Å²) in [5.41, 5.74) is 1.27. The molecule has 1 aromatic carbocycles. The summed E-state index contributed by atoms with van der Waals surface area (Å²) in [6.45, 7) is 7.37. The number of hydrogen-bond donors (Lipinski definition) is 2. The van der Waals surface area contributed by atoms with Crippen LogP contribution in [0.15, 0.2) is 23.4 Å². The summed E-state index contributed by atoms with van der Waals surface area (Å²) in [5, 5.41) is 5.88. The van der Waals surface area contributed by atoms with Crippen molar-refractivity contribution in [3.8, 4) is 5.75 Å². The molecule has 1 atom stereocenters. The lowest BCUT2D eigenvalue weighted by Crippen LogP contribution is -2.45. The summed E-state index contributed by atoms with van der Waals surface area (Å²) < 4.78 is 10.7. The zero-order chi connectivity index (χ0) is 18.7.